The molecule has 2 fully saturated rings. The van der Waals surface area contributed by atoms with Gasteiger partial charge < -0.3 is 19.5 Å². The number of aryl methyl sites for hydroxylation is 1. The van der Waals surface area contributed by atoms with Crippen molar-refractivity contribution in [3.63, 3.8) is 0 Å². The molecule has 0 saturated carbocycles. The van der Waals surface area contributed by atoms with E-state index >= 15 is 0 Å². The Morgan fingerprint density at radius 2 is 2.25 bits per heavy atom. The van der Waals surface area contributed by atoms with Gasteiger partial charge in [-0.1, -0.05) is 0 Å². The standard InChI is InChI=1S/C17H27N3O4/c1-13-15(12-20(19-13)7-10-22-2)16(21)18-11-14-3-4-17(24-14)5-8-23-9-6-17/h12,14H,3-11H2,1-2H3,(H,18,21). The van der Waals surface area contributed by atoms with E-state index in [0.717, 1.165) is 44.6 Å². The Hall–Kier alpha value is -1.44. The van der Waals surface area contributed by atoms with Gasteiger partial charge in [-0.2, -0.15) is 5.10 Å². The van der Waals surface area contributed by atoms with Gasteiger partial charge in [0, 0.05) is 33.1 Å². The Morgan fingerprint density at radius 1 is 1.46 bits per heavy atom. The maximum absolute atomic E-state index is 12.4. The summed E-state index contributed by atoms with van der Waals surface area (Å²) in [6.45, 7) is 5.16. The third-order valence-electron chi connectivity index (χ3n) is 4.95. The summed E-state index contributed by atoms with van der Waals surface area (Å²) in [5, 5.41) is 7.34. The number of rotatable bonds is 6. The van der Waals surface area contributed by atoms with E-state index in [0.29, 0.717) is 25.3 Å². The lowest BCUT2D eigenvalue weighted by Gasteiger charge is -2.33. The molecule has 1 aromatic rings. The van der Waals surface area contributed by atoms with Crippen molar-refractivity contribution in [2.75, 3.05) is 33.5 Å². The van der Waals surface area contributed by atoms with Crippen molar-refractivity contribution < 1.29 is 19.0 Å². The molecule has 2 saturated heterocycles. The van der Waals surface area contributed by atoms with Crippen molar-refractivity contribution in [2.24, 2.45) is 0 Å². The van der Waals surface area contributed by atoms with Gasteiger partial charge in [0.15, 0.2) is 0 Å². The predicted octanol–water partition coefficient (Wildman–Crippen LogP) is 1.30. The zero-order valence-corrected chi connectivity index (χ0v) is 14.5. The van der Waals surface area contributed by atoms with Gasteiger partial charge in [0.05, 0.1) is 36.1 Å². The summed E-state index contributed by atoms with van der Waals surface area (Å²) in [5.74, 6) is -0.0901. The van der Waals surface area contributed by atoms with Crippen LogP contribution in [0.2, 0.25) is 0 Å². The van der Waals surface area contributed by atoms with Gasteiger partial charge in [-0.15, -0.1) is 0 Å². The summed E-state index contributed by atoms with van der Waals surface area (Å²) in [4.78, 5) is 12.4. The molecule has 0 aliphatic carbocycles. The molecule has 1 amide bonds. The molecular formula is C17H27N3O4. The molecule has 1 unspecified atom stereocenters. The van der Waals surface area contributed by atoms with Crippen LogP contribution in [0.3, 0.4) is 0 Å². The minimum absolute atomic E-state index is 0.0192. The summed E-state index contributed by atoms with van der Waals surface area (Å²) in [6, 6.07) is 0. The predicted molar refractivity (Wildman–Crippen MR) is 88.1 cm³/mol. The fourth-order valence-corrected chi connectivity index (χ4v) is 3.49. The second-order valence-electron chi connectivity index (χ2n) is 6.67. The van der Waals surface area contributed by atoms with E-state index in [1.165, 1.54) is 0 Å². The molecule has 0 radical (unpaired) electrons. The SMILES string of the molecule is COCCn1cc(C(=O)NCC2CCC3(CCOCC3)O2)c(C)n1. The molecule has 1 atom stereocenters. The number of carbonyl (C=O) groups excluding carboxylic acids is 1. The summed E-state index contributed by atoms with van der Waals surface area (Å²) in [6.07, 6.45) is 5.85. The van der Waals surface area contributed by atoms with E-state index in [2.05, 4.69) is 10.4 Å². The number of hydrogen-bond donors (Lipinski definition) is 1. The van der Waals surface area contributed by atoms with Crippen LogP contribution in [0.4, 0.5) is 0 Å². The molecule has 7 heteroatoms. The molecule has 24 heavy (non-hydrogen) atoms. The number of nitrogens with one attached hydrogen (secondary N) is 1. The molecule has 3 rings (SSSR count). The molecule has 1 aromatic heterocycles. The Morgan fingerprint density at radius 3 is 3.00 bits per heavy atom. The Balaban J connectivity index is 1.50. The van der Waals surface area contributed by atoms with Crippen LogP contribution >= 0.6 is 0 Å². The Labute approximate surface area is 142 Å². The first-order valence-corrected chi connectivity index (χ1v) is 8.69. The molecule has 134 valence electrons. The monoisotopic (exact) mass is 337 g/mol. The first kappa shape index (κ1) is 17.4. The summed E-state index contributed by atoms with van der Waals surface area (Å²) in [7, 11) is 1.65. The molecule has 7 nitrogen and oxygen atoms in total. The quantitative estimate of drug-likeness (QED) is 0.847. The number of amides is 1. The molecule has 2 aliphatic rings. The van der Waals surface area contributed by atoms with Gasteiger partial charge >= 0.3 is 0 Å². The Bertz CT molecular complexity index is 566. The lowest BCUT2D eigenvalue weighted by Crippen LogP contribution is -2.39. The average molecular weight is 337 g/mol. The molecule has 1 spiro atoms. The minimum atomic E-state index is -0.0901. The normalized spacial score (nSPS) is 22.8. The highest BCUT2D eigenvalue weighted by Gasteiger charge is 2.41. The zero-order chi connectivity index (χ0) is 17.0. The largest absolute Gasteiger partial charge is 0.383 e. The third kappa shape index (κ3) is 3.96. The van der Waals surface area contributed by atoms with Crippen LogP contribution in [-0.2, 0) is 20.8 Å². The highest BCUT2D eigenvalue weighted by molar-refractivity contribution is 5.95. The summed E-state index contributed by atoms with van der Waals surface area (Å²) >= 11 is 0. The molecule has 0 aromatic carbocycles. The number of aromatic nitrogens is 2. The number of methoxy groups -OCH3 is 1. The van der Waals surface area contributed by atoms with Crippen molar-refractivity contribution >= 4 is 5.91 Å². The van der Waals surface area contributed by atoms with Crippen molar-refractivity contribution in [2.45, 2.75) is 50.9 Å². The van der Waals surface area contributed by atoms with Crippen LogP contribution in [-0.4, -0.2) is 60.9 Å². The second-order valence-corrected chi connectivity index (χ2v) is 6.67. The maximum atomic E-state index is 12.4. The van der Waals surface area contributed by atoms with E-state index in [-0.39, 0.29) is 17.6 Å². The van der Waals surface area contributed by atoms with Crippen molar-refractivity contribution in [3.8, 4) is 0 Å². The van der Waals surface area contributed by atoms with Gasteiger partial charge in [0.2, 0.25) is 0 Å². The first-order valence-electron chi connectivity index (χ1n) is 8.69. The van der Waals surface area contributed by atoms with E-state index in [1.54, 1.807) is 18.0 Å². The van der Waals surface area contributed by atoms with Gasteiger partial charge in [-0.25, -0.2) is 0 Å². The van der Waals surface area contributed by atoms with E-state index < -0.39 is 0 Å². The summed E-state index contributed by atoms with van der Waals surface area (Å²) < 4.78 is 18.4. The van der Waals surface area contributed by atoms with Crippen LogP contribution in [0.25, 0.3) is 0 Å². The minimum Gasteiger partial charge on any atom is -0.383 e. The summed E-state index contributed by atoms with van der Waals surface area (Å²) in [5.41, 5.74) is 1.33. The van der Waals surface area contributed by atoms with E-state index in [4.69, 9.17) is 14.2 Å². The molecule has 1 N–H and O–H groups in total. The van der Waals surface area contributed by atoms with Crippen LogP contribution < -0.4 is 5.32 Å². The fourth-order valence-electron chi connectivity index (χ4n) is 3.49. The fraction of sp³-hybridized carbons (Fsp3) is 0.765. The Kier molecular flexibility index (Phi) is 5.53. The highest BCUT2D eigenvalue weighted by atomic mass is 16.5. The lowest BCUT2D eigenvalue weighted by molar-refractivity contribution is -0.102. The zero-order valence-electron chi connectivity index (χ0n) is 14.5. The van der Waals surface area contributed by atoms with Gasteiger partial charge in [0.25, 0.3) is 5.91 Å². The van der Waals surface area contributed by atoms with Crippen LogP contribution in [0, 0.1) is 6.92 Å². The second kappa shape index (κ2) is 7.63. The third-order valence-corrected chi connectivity index (χ3v) is 4.95. The lowest BCUT2D eigenvalue weighted by atomic mass is 9.91. The van der Waals surface area contributed by atoms with Gasteiger partial charge in [-0.05, 0) is 32.6 Å². The smallest absolute Gasteiger partial charge is 0.254 e. The average Bonchev–Trinajstić information content (AvgIpc) is 3.15. The number of carbonyl (C=O) groups is 1. The van der Waals surface area contributed by atoms with Gasteiger partial charge in [-0.3, -0.25) is 9.48 Å². The number of hydrogen-bond acceptors (Lipinski definition) is 5. The van der Waals surface area contributed by atoms with Crippen LogP contribution in [0.1, 0.15) is 41.7 Å². The van der Waals surface area contributed by atoms with Crippen molar-refractivity contribution in [1.82, 2.24) is 15.1 Å². The molecule has 0 bridgehead atoms. The molecule has 3 heterocycles. The van der Waals surface area contributed by atoms with E-state index in [1.807, 2.05) is 6.92 Å². The number of nitrogens with zero attached hydrogens (tertiary/aromatic N) is 2. The number of ether oxygens (including phenoxy) is 3. The highest BCUT2D eigenvalue weighted by Crippen LogP contribution is 2.38. The first-order chi connectivity index (χ1) is 11.6. The molecular weight excluding hydrogens is 310 g/mol. The van der Waals surface area contributed by atoms with Crippen LogP contribution in [0.15, 0.2) is 6.20 Å². The van der Waals surface area contributed by atoms with Crippen molar-refractivity contribution in [3.05, 3.63) is 17.5 Å². The van der Waals surface area contributed by atoms with Crippen LogP contribution in [0.5, 0.6) is 0 Å². The maximum Gasteiger partial charge on any atom is 0.254 e. The topological polar surface area (TPSA) is 74.6 Å². The van der Waals surface area contributed by atoms with E-state index in [9.17, 15) is 4.79 Å². The van der Waals surface area contributed by atoms with Crippen molar-refractivity contribution in [1.29, 1.82) is 0 Å². The van der Waals surface area contributed by atoms with Gasteiger partial charge in [0.1, 0.15) is 0 Å². The molecule has 2 aliphatic heterocycles.